The van der Waals surface area contributed by atoms with Gasteiger partial charge >= 0.3 is 0 Å². The molecule has 3 aromatic rings. The fraction of sp³-hybridized carbons (Fsp3) is 0.375. The molecule has 1 aromatic carbocycles. The third-order valence-electron chi connectivity index (χ3n) is 6.23. The predicted molar refractivity (Wildman–Crippen MR) is 123 cm³/mol. The molecule has 1 saturated heterocycles. The number of fused-ring (bicyclic) bond motifs is 1. The van der Waals surface area contributed by atoms with Gasteiger partial charge < -0.3 is 19.0 Å². The Morgan fingerprint density at radius 2 is 1.97 bits per heavy atom. The minimum atomic E-state index is -0.278. The molecule has 2 atom stereocenters. The van der Waals surface area contributed by atoms with Crippen molar-refractivity contribution in [2.45, 2.75) is 32.5 Å². The highest BCUT2D eigenvalue weighted by molar-refractivity contribution is 5.89. The third kappa shape index (κ3) is 3.92. The summed E-state index contributed by atoms with van der Waals surface area (Å²) in [4.78, 5) is 25.0. The number of hydrogen-bond donors (Lipinski definition) is 0. The number of aryl methyl sites for hydroxylation is 1. The van der Waals surface area contributed by atoms with Crippen molar-refractivity contribution in [3.8, 4) is 5.75 Å². The number of hydrogen-bond acceptors (Lipinski definition) is 5. The van der Waals surface area contributed by atoms with Gasteiger partial charge in [-0.25, -0.2) is 4.39 Å². The van der Waals surface area contributed by atoms with E-state index < -0.39 is 0 Å². The Balaban J connectivity index is 1.64. The van der Waals surface area contributed by atoms with Crippen molar-refractivity contribution >= 4 is 22.5 Å². The van der Waals surface area contributed by atoms with E-state index in [9.17, 15) is 9.18 Å². The van der Waals surface area contributed by atoms with Gasteiger partial charge in [-0.2, -0.15) is 0 Å². The SMILES string of the molecule is [C-]#[N+]c1ccc2c(n1)c(N1C[C@@H](C)N(Cc3ccc(OC)cc3F)C[C@@H]1C)cc(=O)n2C. The average Bonchev–Trinajstić information content (AvgIpc) is 2.79. The summed E-state index contributed by atoms with van der Waals surface area (Å²) in [6, 6.07) is 10.1. The summed E-state index contributed by atoms with van der Waals surface area (Å²) in [5.41, 5.74) is 2.59. The molecule has 0 aliphatic carbocycles. The topological polar surface area (TPSA) is 55.0 Å². The number of rotatable bonds is 4. The van der Waals surface area contributed by atoms with Gasteiger partial charge in [0, 0.05) is 56.5 Å². The third-order valence-corrected chi connectivity index (χ3v) is 6.23. The van der Waals surface area contributed by atoms with Gasteiger partial charge in [-0.05, 0) is 32.0 Å². The van der Waals surface area contributed by atoms with E-state index in [1.165, 1.54) is 13.2 Å². The molecule has 1 fully saturated rings. The molecule has 7 nitrogen and oxygen atoms in total. The zero-order valence-corrected chi connectivity index (χ0v) is 18.7. The maximum absolute atomic E-state index is 14.5. The van der Waals surface area contributed by atoms with E-state index in [0.29, 0.717) is 47.8 Å². The molecule has 0 amide bonds. The Morgan fingerprint density at radius 3 is 2.66 bits per heavy atom. The largest absolute Gasteiger partial charge is 0.497 e. The van der Waals surface area contributed by atoms with Gasteiger partial charge in [-0.3, -0.25) is 9.69 Å². The zero-order chi connectivity index (χ0) is 23.0. The number of anilines is 1. The average molecular weight is 436 g/mol. The van der Waals surface area contributed by atoms with Crippen LogP contribution in [0.2, 0.25) is 0 Å². The Labute approximate surface area is 186 Å². The molecule has 8 heteroatoms. The van der Waals surface area contributed by atoms with E-state index in [2.05, 4.69) is 33.5 Å². The Bertz CT molecular complexity index is 1270. The second kappa shape index (κ2) is 8.60. The first-order valence-corrected chi connectivity index (χ1v) is 10.5. The molecule has 1 aliphatic heterocycles. The van der Waals surface area contributed by atoms with Crippen LogP contribution in [0.5, 0.6) is 5.75 Å². The standard InChI is InChI=1S/C24H26FN5O2/c1-15-13-30(16(2)12-29(15)14-17-6-7-18(32-5)10-19(17)25)21-11-23(31)28(4)20-8-9-22(26-3)27-24(20)21/h6-11,15-16H,12-14H2,1-2,4-5H3/t15-,16+/m1/s1. The normalized spacial score (nSPS) is 19.2. The number of pyridine rings is 2. The van der Waals surface area contributed by atoms with Crippen molar-refractivity contribution < 1.29 is 9.13 Å². The van der Waals surface area contributed by atoms with E-state index in [4.69, 9.17) is 11.3 Å². The number of methoxy groups -OCH3 is 1. The van der Waals surface area contributed by atoms with Gasteiger partial charge in [-0.1, -0.05) is 12.6 Å². The van der Waals surface area contributed by atoms with Crippen molar-refractivity contribution in [3.05, 3.63) is 69.5 Å². The lowest BCUT2D eigenvalue weighted by Crippen LogP contribution is -2.56. The van der Waals surface area contributed by atoms with Crippen LogP contribution in [-0.4, -0.2) is 46.7 Å². The van der Waals surface area contributed by atoms with Crippen molar-refractivity contribution in [1.82, 2.24) is 14.5 Å². The van der Waals surface area contributed by atoms with Crippen LogP contribution in [0.25, 0.3) is 15.9 Å². The van der Waals surface area contributed by atoms with Crippen molar-refractivity contribution in [1.29, 1.82) is 0 Å². The molecule has 0 N–H and O–H groups in total. The van der Waals surface area contributed by atoms with Crippen LogP contribution < -0.4 is 15.2 Å². The first-order chi connectivity index (χ1) is 15.3. The highest BCUT2D eigenvalue weighted by Crippen LogP contribution is 2.30. The molecule has 32 heavy (non-hydrogen) atoms. The first-order valence-electron chi connectivity index (χ1n) is 10.5. The second-order valence-corrected chi connectivity index (χ2v) is 8.31. The molecule has 3 heterocycles. The maximum Gasteiger partial charge on any atom is 0.270 e. The van der Waals surface area contributed by atoms with Gasteiger partial charge in [0.25, 0.3) is 11.4 Å². The summed E-state index contributed by atoms with van der Waals surface area (Å²) in [5.74, 6) is 0.521. The molecule has 0 saturated carbocycles. The molecule has 2 aromatic heterocycles. The number of ether oxygens (including phenoxy) is 1. The molecule has 0 unspecified atom stereocenters. The molecule has 0 spiro atoms. The second-order valence-electron chi connectivity index (χ2n) is 8.31. The predicted octanol–water partition coefficient (Wildman–Crippen LogP) is 3.73. The lowest BCUT2D eigenvalue weighted by Gasteiger charge is -2.45. The van der Waals surface area contributed by atoms with Crippen LogP contribution in [-0.2, 0) is 13.6 Å². The van der Waals surface area contributed by atoms with Crippen LogP contribution in [0.3, 0.4) is 0 Å². The number of nitrogens with zero attached hydrogens (tertiary/aromatic N) is 5. The number of halogens is 1. The summed E-state index contributed by atoms with van der Waals surface area (Å²) in [6.45, 7) is 13.4. The van der Waals surface area contributed by atoms with Gasteiger partial charge in [0.15, 0.2) is 0 Å². The van der Waals surface area contributed by atoms with Crippen LogP contribution in [0.1, 0.15) is 19.4 Å². The molecular formula is C24H26FN5O2. The van der Waals surface area contributed by atoms with Crippen LogP contribution in [0.15, 0.2) is 41.2 Å². The van der Waals surface area contributed by atoms with E-state index >= 15 is 0 Å². The van der Waals surface area contributed by atoms with Crippen molar-refractivity contribution in [3.63, 3.8) is 0 Å². The minimum Gasteiger partial charge on any atom is -0.497 e. The summed E-state index contributed by atoms with van der Waals surface area (Å²) in [6.07, 6.45) is 0. The van der Waals surface area contributed by atoms with Gasteiger partial charge in [0.2, 0.25) is 5.52 Å². The lowest BCUT2D eigenvalue weighted by atomic mass is 10.0. The molecule has 0 radical (unpaired) electrons. The summed E-state index contributed by atoms with van der Waals surface area (Å²) >= 11 is 0. The van der Waals surface area contributed by atoms with Crippen molar-refractivity contribution in [2.24, 2.45) is 7.05 Å². The number of aromatic nitrogens is 2. The van der Waals surface area contributed by atoms with E-state index in [0.717, 1.165) is 5.69 Å². The van der Waals surface area contributed by atoms with Gasteiger partial charge in [-0.15, -0.1) is 4.98 Å². The van der Waals surface area contributed by atoms with Gasteiger partial charge in [0.1, 0.15) is 11.6 Å². The van der Waals surface area contributed by atoms with Crippen molar-refractivity contribution in [2.75, 3.05) is 25.1 Å². The van der Waals surface area contributed by atoms with Crippen LogP contribution in [0, 0.1) is 12.4 Å². The number of piperazine rings is 1. The lowest BCUT2D eigenvalue weighted by molar-refractivity contribution is 0.156. The van der Waals surface area contributed by atoms with E-state index in [-0.39, 0.29) is 23.5 Å². The van der Waals surface area contributed by atoms with E-state index in [1.54, 1.807) is 41.9 Å². The molecule has 4 rings (SSSR count). The molecule has 0 bridgehead atoms. The summed E-state index contributed by atoms with van der Waals surface area (Å²) < 4.78 is 21.2. The van der Waals surface area contributed by atoms with Crippen LogP contribution in [0.4, 0.5) is 15.9 Å². The summed E-state index contributed by atoms with van der Waals surface area (Å²) in [5, 5.41) is 0. The Morgan fingerprint density at radius 1 is 1.19 bits per heavy atom. The fourth-order valence-electron chi connectivity index (χ4n) is 4.34. The first kappa shape index (κ1) is 21.8. The zero-order valence-electron chi connectivity index (χ0n) is 18.7. The fourth-order valence-corrected chi connectivity index (χ4v) is 4.34. The Hall–Kier alpha value is -3.44. The molecule has 1 aliphatic rings. The number of benzene rings is 1. The highest BCUT2D eigenvalue weighted by Gasteiger charge is 2.32. The monoisotopic (exact) mass is 435 g/mol. The molecule has 166 valence electrons. The quantitative estimate of drug-likeness (QED) is 0.585. The highest BCUT2D eigenvalue weighted by atomic mass is 19.1. The molecular weight excluding hydrogens is 409 g/mol. The smallest absolute Gasteiger partial charge is 0.270 e. The van der Waals surface area contributed by atoms with E-state index in [1.807, 2.05) is 0 Å². The van der Waals surface area contributed by atoms with Gasteiger partial charge in [0.05, 0.1) is 18.3 Å². The minimum absolute atomic E-state index is 0.0706. The summed E-state index contributed by atoms with van der Waals surface area (Å²) in [7, 11) is 3.23. The van der Waals surface area contributed by atoms with Crippen LogP contribution >= 0.6 is 0 Å². The maximum atomic E-state index is 14.5. The Kier molecular flexibility index (Phi) is 5.85.